The van der Waals surface area contributed by atoms with E-state index in [0.29, 0.717) is 22.3 Å². The second-order valence-corrected chi connectivity index (χ2v) is 4.35. The third-order valence-electron chi connectivity index (χ3n) is 3.21. The van der Waals surface area contributed by atoms with Gasteiger partial charge in [-0.3, -0.25) is 0 Å². The molecule has 18 heavy (non-hydrogen) atoms. The van der Waals surface area contributed by atoms with E-state index in [1.165, 1.54) is 0 Å². The molecular weight excluding hydrogens is 223 g/mol. The van der Waals surface area contributed by atoms with Crippen LogP contribution in [0, 0.1) is 0 Å². The highest BCUT2D eigenvalue weighted by Crippen LogP contribution is 2.40. The quantitative estimate of drug-likeness (QED) is 0.714. The third kappa shape index (κ3) is 1.39. The van der Waals surface area contributed by atoms with Gasteiger partial charge in [0.2, 0.25) is 0 Å². The molecule has 1 unspecified atom stereocenters. The minimum atomic E-state index is -1.38. The van der Waals surface area contributed by atoms with Crippen LogP contribution in [0.3, 0.4) is 0 Å². The fourth-order valence-corrected chi connectivity index (χ4v) is 2.27. The molecule has 0 amide bonds. The van der Waals surface area contributed by atoms with Crippen molar-refractivity contribution in [2.75, 3.05) is 0 Å². The van der Waals surface area contributed by atoms with Crippen LogP contribution in [0.25, 0.3) is 0 Å². The van der Waals surface area contributed by atoms with Crippen LogP contribution >= 0.6 is 0 Å². The molecule has 1 heterocycles. The summed E-state index contributed by atoms with van der Waals surface area (Å²) < 4.78 is 0. The van der Waals surface area contributed by atoms with E-state index in [0.717, 1.165) is 0 Å². The standard InChI is InChI=1S/C14H11BN2O/c15-10-6-7-12-11(8-10)14(18,13(16)17-12)9-4-2-1-3-5-9/h1-8,18H,(H2,16,17). The molecule has 1 aliphatic heterocycles. The fraction of sp³-hybridized carbons (Fsp3) is 0.0714. The van der Waals surface area contributed by atoms with Gasteiger partial charge in [0.1, 0.15) is 13.7 Å². The molecular formula is C14H11BN2O. The molecule has 86 valence electrons. The normalized spacial score (nSPS) is 21.5. The molecule has 1 aliphatic rings. The van der Waals surface area contributed by atoms with Gasteiger partial charge in [-0.1, -0.05) is 47.9 Å². The van der Waals surface area contributed by atoms with Gasteiger partial charge in [-0.05, 0) is 11.6 Å². The molecule has 0 aromatic heterocycles. The first-order valence-corrected chi connectivity index (χ1v) is 5.65. The van der Waals surface area contributed by atoms with Crippen LogP contribution in [-0.2, 0) is 5.60 Å². The number of benzene rings is 2. The van der Waals surface area contributed by atoms with Gasteiger partial charge in [0.25, 0.3) is 0 Å². The minimum absolute atomic E-state index is 0.175. The third-order valence-corrected chi connectivity index (χ3v) is 3.21. The van der Waals surface area contributed by atoms with Crippen LogP contribution in [0.5, 0.6) is 0 Å². The maximum atomic E-state index is 10.9. The molecule has 2 aromatic carbocycles. The molecule has 3 rings (SSSR count). The number of aliphatic hydroxyl groups is 1. The van der Waals surface area contributed by atoms with Crippen molar-refractivity contribution in [3.8, 4) is 0 Å². The Kier molecular flexibility index (Phi) is 2.28. The van der Waals surface area contributed by atoms with Gasteiger partial charge in [-0.25, -0.2) is 4.99 Å². The molecule has 4 heteroatoms. The lowest BCUT2D eigenvalue weighted by molar-refractivity contribution is 0.158. The molecule has 0 saturated heterocycles. The largest absolute Gasteiger partial charge is 0.384 e. The lowest BCUT2D eigenvalue weighted by Crippen LogP contribution is -2.39. The Bertz CT molecular complexity index is 639. The summed E-state index contributed by atoms with van der Waals surface area (Å²) in [7, 11) is 5.77. The van der Waals surface area contributed by atoms with E-state index in [9.17, 15) is 5.11 Å². The summed E-state index contributed by atoms with van der Waals surface area (Å²) >= 11 is 0. The first kappa shape index (κ1) is 11.0. The first-order valence-electron chi connectivity index (χ1n) is 5.65. The van der Waals surface area contributed by atoms with Crippen molar-refractivity contribution in [1.29, 1.82) is 0 Å². The van der Waals surface area contributed by atoms with Gasteiger partial charge in [0.15, 0.2) is 5.60 Å². The van der Waals surface area contributed by atoms with Crippen molar-refractivity contribution in [3.63, 3.8) is 0 Å². The van der Waals surface area contributed by atoms with Crippen molar-refractivity contribution in [2.45, 2.75) is 5.60 Å². The van der Waals surface area contributed by atoms with Crippen molar-refractivity contribution in [2.24, 2.45) is 10.7 Å². The van der Waals surface area contributed by atoms with Crippen molar-refractivity contribution in [3.05, 3.63) is 59.7 Å². The second-order valence-electron chi connectivity index (χ2n) is 4.35. The van der Waals surface area contributed by atoms with E-state index in [-0.39, 0.29) is 5.84 Å². The molecule has 0 bridgehead atoms. The monoisotopic (exact) mass is 234 g/mol. The van der Waals surface area contributed by atoms with Gasteiger partial charge >= 0.3 is 0 Å². The van der Waals surface area contributed by atoms with Gasteiger partial charge in [-0.2, -0.15) is 0 Å². The number of rotatable bonds is 1. The Labute approximate surface area is 106 Å². The van der Waals surface area contributed by atoms with Crippen LogP contribution in [-0.4, -0.2) is 18.8 Å². The van der Waals surface area contributed by atoms with Crippen LogP contribution in [0.4, 0.5) is 5.69 Å². The molecule has 0 fully saturated rings. The predicted molar refractivity (Wildman–Crippen MR) is 72.6 cm³/mol. The number of nitrogens with two attached hydrogens (primary N) is 1. The van der Waals surface area contributed by atoms with Crippen molar-refractivity contribution in [1.82, 2.24) is 0 Å². The highest BCUT2D eigenvalue weighted by Gasteiger charge is 2.42. The maximum Gasteiger partial charge on any atom is 0.174 e. The van der Waals surface area contributed by atoms with Crippen LogP contribution in [0.15, 0.2) is 53.5 Å². The molecule has 3 N–H and O–H groups in total. The highest BCUT2D eigenvalue weighted by molar-refractivity contribution is 6.32. The number of fused-ring (bicyclic) bond motifs is 1. The molecule has 2 radical (unpaired) electrons. The van der Waals surface area contributed by atoms with Gasteiger partial charge in [-0.15, -0.1) is 0 Å². The molecule has 0 saturated carbocycles. The zero-order valence-electron chi connectivity index (χ0n) is 9.67. The zero-order valence-corrected chi connectivity index (χ0v) is 9.67. The Hall–Kier alpha value is -2.07. The fourth-order valence-electron chi connectivity index (χ4n) is 2.27. The molecule has 2 aromatic rings. The van der Waals surface area contributed by atoms with Crippen molar-refractivity contribution >= 4 is 24.8 Å². The first-order chi connectivity index (χ1) is 8.62. The summed E-state index contributed by atoms with van der Waals surface area (Å²) in [5.41, 5.74) is 7.08. The maximum absolute atomic E-state index is 10.9. The summed E-state index contributed by atoms with van der Waals surface area (Å²) in [6.45, 7) is 0. The van der Waals surface area contributed by atoms with Gasteiger partial charge < -0.3 is 10.8 Å². The van der Waals surface area contributed by atoms with Crippen LogP contribution in [0.2, 0.25) is 0 Å². The number of aliphatic imine (C=N–C) groups is 1. The van der Waals surface area contributed by atoms with E-state index in [2.05, 4.69) is 4.99 Å². The van der Waals surface area contributed by atoms with E-state index in [4.69, 9.17) is 13.6 Å². The molecule has 3 nitrogen and oxygen atoms in total. The molecule has 1 atom stereocenters. The van der Waals surface area contributed by atoms with Crippen LogP contribution < -0.4 is 11.2 Å². The summed E-state index contributed by atoms with van der Waals surface area (Å²) in [6.07, 6.45) is 0. The topological polar surface area (TPSA) is 58.6 Å². The molecule has 0 spiro atoms. The molecule has 0 aliphatic carbocycles. The smallest absolute Gasteiger partial charge is 0.174 e. The van der Waals surface area contributed by atoms with Crippen molar-refractivity contribution < 1.29 is 5.11 Å². The summed E-state index contributed by atoms with van der Waals surface area (Å²) in [6, 6.07) is 14.4. The van der Waals surface area contributed by atoms with E-state index >= 15 is 0 Å². The summed E-state index contributed by atoms with van der Waals surface area (Å²) in [5, 5.41) is 10.9. The Balaban J connectivity index is 2.26. The van der Waals surface area contributed by atoms with Gasteiger partial charge in [0.05, 0.1) is 5.69 Å². The summed E-state index contributed by atoms with van der Waals surface area (Å²) in [4.78, 5) is 4.21. The highest BCUT2D eigenvalue weighted by atomic mass is 16.3. The predicted octanol–water partition coefficient (Wildman–Crippen LogP) is 0.719. The average Bonchev–Trinajstić information content (AvgIpc) is 2.64. The Morgan fingerprint density at radius 2 is 1.83 bits per heavy atom. The SMILES string of the molecule is [B]c1ccc2c(c1)C(O)(c1ccccc1)C(N)=N2. The lowest BCUT2D eigenvalue weighted by Gasteiger charge is -2.24. The average molecular weight is 234 g/mol. The zero-order chi connectivity index (χ0) is 12.8. The lowest BCUT2D eigenvalue weighted by atomic mass is 9.83. The van der Waals surface area contributed by atoms with E-state index in [1.807, 2.05) is 30.3 Å². The number of nitrogens with zero attached hydrogens (tertiary/aromatic N) is 1. The van der Waals surface area contributed by atoms with E-state index in [1.54, 1.807) is 18.2 Å². The van der Waals surface area contributed by atoms with Gasteiger partial charge in [0, 0.05) is 5.56 Å². The second kappa shape index (κ2) is 3.72. The minimum Gasteiger partial charge on any atom is -0.384 e. The number of hydrogen-bond donors (Lipinski definition) is 2. The Morgan fingerprint density at radius 1 is 1.11 bits per heavy atom. The van der Waals surface area contributed by atoms with Crippen LogP contribution in [0.1, 0.15) is 11.1 Å². The number of amidine groups is 1. The number of hydrogen-bond acceptors (Lipinski definition) is 3. The summed E-state index contributed by atoms with van der Waals surface area (Å²) in [5.74, 6) is 0.175. The Morgan fingerprint density at radius 3 is 2.56 bits per heavy atom. The van der Waals surface area contributed by atoms with E-state index < -0.39 is 5.60 Å².